The Bertz CT molecular complexity index is 819. The van der Waals surface area contributed by atoms with Gasteiger partial charge in [0.2, 0.25) is 0 Å². The minimum absolute atomic E-state index is 0. The van der Waals surface area contributed by atoms with Gasteiger partial charge in [-0.1, -0.05) is 42.5 Å². The summed E-state index contributed by atoms with van der Waals surface area (Å²) < 4.78 is 0. The van der Waals surface area contributed by atoms with E-state index in [4.69, 9.17) is 0 Å². The first-order chi connectivity index (χ1) is 16.1. The Hall–Kier alpha value is -1.55. The summed E-state index contributed by atoms with van der Waals surface area (Å²) in [5.41, 5.74) is 3.69. The third-order valence-corrected chi connectivity index (χ3v) is 7.13. The van der Waals surface area contributed by atoms with E-state index >= 15 is 0 Å². The molecule has 198 valence electrons. The van der Waals surface area contributed by atoms with E-state index in [1.165, 1.54) is 24.0 Å². The number of aryl methyl sites for hydroxylation is 1. The number of nitrogens with zero attached hydrogens (tertiary/aromatic N) is 2. The topological polar surface area (TPSA) is 26.7 Å². The summed E-state index contributed by atoms with van der Waals surface area (Å²) in [5, 5.41) is 10.9. The van der Waals surface area contributed by atoms with Gasteiger partial charge >= 0.3 is 0 Å². The highest BCUT2D eigenvalue weighted by molar-refractivity contribution is 5.85. The first-order valence-electron chi connectivity index (χ1n) is 13.5. The Kier molecular flexibility index (Phi) is 14.0. The number of benzene rings is 2. The molecule has 0 aliphatic rings. The van der Waals surface area contributed by atoms with Crippen molar-refractivity contribution in [2.75, 3.05) is 13.1 Å². The molecule has 0 aliphatic heterocycles. The highest BCUT2D eigenvalue weighted by Gasteiger charge is 2.22. The summed E-state index contributed by atoms with van der Waals surface area (Å²) in [6, 6.07) is 19.2. The molecule has 0 bridgehead atoms. The smallest absolute Gasteiger partial charge is 0.119 e. The van der Waals surface area contributed by atoms with Crippen molar-refractivity contribution in [1.29, 1.82) is 0 Å². The largest absolute Gasteiger partial charge is 0.508 e. The van der Waals surface area contributed by atoms with E-state index in [9.17, 15) is 5.11 Å². The maximum Gasteiger partial charge on any atom is 0.119 e. The molecule has 1 unspecified atom stereocenters. The van der Waals surface area contributed by atoms with E-state index in [1.807, 2.05) is 6.07 Å². The molecule has 0 saturated heterocycles. The predicted octanol–water partition coefficient (Wildman–Crippen LogP) is 7.90. The van der Waals surface area contributed by atoms with Crippen LogP contribution in [-0.2, 0) is 6.42 Å². The van der Waals surface area contributed by atoms with Crippen LogP contribution in [0.5, 0.6) is 5.75 Å². The van der Waals surface area contributed by atoms with Gasteiger partial charge in [0, 0.05) is 35.6 Å². The van der Waals surface area contributed by atoms with Crippen molar-refractivity contribution in [3.05, 3.63) is 65.2 Å². The SMILES string of the molecule is CC(C)N(CCCCc1ccc(O)c(C(CCN(C(C)C)C(C)C)c2ccccc2)c1)C(C)C.Cl. The fourth-order valence-corrected chi connectivity index (χ4v) is 5.35. The minimum Gasteiger partial charge on any atom is -0.508 e. The van der Waals surface area contributed by atoms with Crippen LogP contribution in [0, 0.1) is 0 Å². The summed E-state index contributed by atoms with van der Waals surface area (Å²) in [6.45, 7) is 20.4. The lowest BCUT2D eigenvalue weighted by Gasteiger charge is -2.32. The van der Waals surface area contributed by atoms with E-state index in [1.54, 1.807) is 0 Å². The minimum atomic E-state index is 0. The van der Waals surface area contributed by atoms with Gasteiger partial charge in [-0.15, -0.1) is 12.4 Å². The van der Waals surface area contributed by atoms with Crippen LogP contribution in [0.25, 0.3) is 0 Å². The number of rotatable bonds is 14. The Morgan fingerprint density at radius 3 is 1.77 bits per heavy atom. The van der Waals surface area contributed by atoms with Crippen molar-refractivity contribution in [3.8, 4) is 5.75 Å². The molecule has 2 rings (SSSR count). The number of hydrogen-bond donors (Lipinski definition) is 1. The number of halogens is 1. The quantitative estimate of drug-likeness (QED) is 0.266. The highest BCUT2D eigenvalue weighted by atomic mass is 35.5. The van der Waals surface area contributed by atoms with Crippen LogP contribution in [0.15, 0.2) is 48.5 Å². The van der Waals surface area contributed by atoms with Crippen molar-refractivity contribution in [3.63, 3.8) is 0 Å². The van der Waals surface area contributed by atoms with Crippen LogP contribution in [-0.4, -0.2) is 52.2 Å². The summed E-state index contributed by atoms with van der Waals surface area (Å²) in [6.07, 6.45) is 4.43. The molecule has 0 heterocycles. The summed E-state index contributed by atoms with van der Waals surface area (Å²) >= 11 is 0. The van der Waals surface area contributed by atoms with Gasteiger partial charge in [-0.25, -0.2) is 0 Å². The van der Waals surface area contributed by atoms with Crippen LogP contribution in [0.4, 0.5) is 0 Å². The van der Waals surface area contributed by atoms with Crippen LogP contribution in [0.1, 0.15) is 97.3 Å². The molecule has 2 aromatic rings. The molecule has 0 fully saturated rings. The van der Waals surface area contributed by atoms with E-state index < -0.39 is 0 Å². The zero-order chi connectivity index (χ0) is 25.3. The molecule has 0 saturated carbocycles. The van der Waals surface area contributed by atoms with E-state index in [0.717, 1.165) is 31.5 Å². The summed E-state index contributed by atoms with van der Waals surface area (Å²) in [5.74, 6) is 0.613. The zero-order valence-electron chi connectivity index (χ0n) is 23.5. The van der Waals surface area contributed by atoms with Crippen LogP contribution < -0.4 is 0 Å². The number of aromatic hydroxyl groups is 1. The van der Waals surface area contributed by atoms with E-state index in [0.29, 0.717) is 29.9 Å². The van der Waals surface area contributed by atoms with E-state index in [2.05, 4.69) is 108 Å². The monoisotopic (exact) mass is 502 g/mol. The first-order valence-corrected chi connectivity index (χ1v) is 13.5. The normalized spacial score (nSPS) is 12.9. The van der Waals surface area contributed by atoms with Gasteiger partial charge in [0.25, 0.3) is 0 Å². The van der Waals surface area contributed by atoms with Crippen molar-refractivity contribution in [2.45, 2.75) is 111 Å². The second-order valence-corrected chi connectivity index (χ2v) is 11.0. The highest BCUT2D eigenvalue weighted by Crippen LogP contribution is 2.35. The van der Waals surface area contributed by atoms with Crippen molar-refractivity contribution in [1.82, 2.24) is 9.80 Å². The molecule has 1 atom stereocenters. The third-order valence-electron chi connectivity index (χ3n) is 7.13. The molecule has 3 nitrogen and oxygen atoms in total. The third kappa shape index (κ3) is 9.79. The lowest BCUT2D eigenvalue weighted by Crippen LogP contribution is -2.38. The van der Waals surface area contributed by atoms with Gasteiger partial charge in [-0.3, -0.25) is 9.80 Å². The predicted molar refractivity (Wildman–Crippen MR) is 155 cm³/mol. The van der Waals surface area contributed by atoms with Crippen LogP contribution >= 0.6 is 12.4 Å². The van der Waals surface area contributed by atoms with Crippen molar-refractivity contribution < 1.29 is 5.11 Å². The molecule has 2 aromatic carbocycles. The Balaban J connectivity index is 0.00000612. The van der Waals surface area contributed by atoms with E-state index in [-0.39, 0.29) is 18.3 Å². The second kappa shape index (κ2) is 15.5. The molecule has 1 N–H and O–H groups in total. The van der Waals surface area contributed by atoms with Crippen molar-refractivity contribution >= 4 is 12.4 Å². The molecule has 0 amide bonds. The van der Waals surface area contributed by atoms with Gasteiger partial charge in [-0.05, 0) is 111 Å². The first kappa shape index (κ1) is 31.5. The zero-order valence-corrected chi connectivity index (χ0v) is 24.3. The average molecular weight is 503 g/mol. The number of hydrogen-bond acceptors (Lipinski definition) is 3. The van der Waals surface area contributed by atoms with Crippen molar-refractivity contribution in [2.24, 2.45) is 0 Å². The van der Waals surface area contributed by atoms with Crippen LogP contribution in [0.3, 0.4) is 0 Å². The van der Waals surface area contributed by atoms with Gasteiger partial charge < -0.3 is 5.11 Å². The number of phenols is 1. The Morgan fingerprint density at radius 2 is 1.23 bits per heavy atom. The molecular formula is C31H51ClN2O. The maximum absolute atomic E-state index is 10.9. The molecule has 4 heteroatoms. The number of phenolic OH excluding ortho intramolecular Hbond substituents is 1. The molecule has 0 aromatic heterocycles. The van der Waals surface area contributed by atoms with Crippen LogP contribution in [0.2, 0.25) is 0 Å². The summed E-state index contributed by atoms with van der Waals surface area (Å²) in [7, 11) is 0. The second-order valence-electron chi connectivity index (χ2n) is 11.0. The van der Waals surface area contributed by atoms with Gasteiger partial charge in [0.05, 0.1) is 0 Å². The molecule has 0 radical (unpaired) electrons. The molecular weight excluding hydrogens is 452 g/mol. The standard InChI is InChI=1S/C31H50N2O.ClH/c1-23(2)32(24(3)4)20-13-12-14-27-17-18-31(34)30(22-27)29(28-15-10-9-11-16-28)19-21-33(25(5)6)26(7)8;/h9-11,15-18,22-26,29,34H,12-14,19-21H2,1-8H3;1H. The Labute approximate surface area is 222 Å². The molecule has 0 spiro atoms. The number of unbranched alkanes of at least 4 members (excludes halogenated alkanes) is 1. The average Bonchev–Trinajstić information content (AvgIpc) is 2.77. The summed E-state index contributed by atoms with van der Waals surface area (Å²) in [4.78, 5) is 5.12. The maximum atomic E-state index is 10.9. The fraction of sp³-hybridized carbons (Fsp3) is 0.613. The van der Waals surface area contributed by atoms with Gasteiger partial charge in [0.15, 0.2) is 0 Å². The van der Waals surface area contributed by atoms with Gasteiger partial charge in [-0.2, -0.15) is 0 Å². The molecule has 35 heavy (non-hydrogen) atoms. The Morgan fingerprint density at radius 1 is 0.686 bits per heavy atom. The van der Waals surface area contributed by atoms with Gasteiger partial charge in [0.1, 0.15) is 5.75 Å². The lowest BCUT2D eigenvalue weighted by atomic mass is 9.86. The fourth-order valence-electron chi connectivity index (χ4n) is 5.35. The molecule has 0 aliphatic carbocycles. The lowest BCUT2D eigenvalue weighted by molar-refractivity contribution is 0.170.